The first-order valence-corrected chi connectivity index (χ1v) is 11.1. The molecule has 4 rings (SSSR count). The Morgan fingerprint density at radius 2 is 2.06 bits per heavy atom. The molecule has 2 atom stereocenters. The van der Waals surface area contributed by atoms with E-state index in [1.54, 1.807) is 24.5 Å². The molecular formula is C22H23ClN4O3S. The Labute approximate surface area is 189 Å². The molecule has 3 aromatic heterocycles. The van der Waals surface area contributed by atoms with E-state index in [1.165, 1.54) is 11.3 Å². The molecular weight excluding hydrogens is 436 g/mol. The molecule has 1 saturated carbocycles. The number of rotatable bonds is 5. The lowest BCUT2D eigenvalue weighted by atomic mass is 9.63. The average molecular weight is 459 g/mol. The smallest absolute Gasteiger partial charge is 0.307 e. The van der Waals surface area contributed by atoms with Gasteiger partial charge in [-0.1, -0.05) is 31.5 Å². The summed E-state index contributed by atoms with van der Waals surface area (Å²) in [6.45, 7) is 3.79. The zero-order chi connectivity index (χ0) is 22.2. The third-order valence-corrected chi connectivity index (χ3v) is 7.17. The van der Waals surface area contributed by atoms with Gasteiger partial charge in [-0.2, -0.15) is 0 Å². The Balaban J connectivity index is 1.56. The summed E-state index contributed by atoms with van der Waals surface area (Å²) in [5, 5.41) is 25.1. The molecule has 0 aliphatic heterocycles. The molecule has 1 fully saturated rings. The molecule has 0 saturated heterocycles. The van der Waals surface area contributed by atoms with Crippen LogP contribution in [0.4, 0.5) is 11.6 Å². The Kier molecular flexibility index (Phi) is 5.72. The number of halogens is 1. The predicted molar refractivity (Wildman–Crippen MR) is 121 cm³/mol. The molecule has 0 amide bonds. The Morgan fingerprint density at radius 1 is 1.26 bits per heavy atom. The van der Waals surface area contributed by atoms with E-state index in [4.69, 9.17) is 11.6 Å². The number of nitrogens with one attached hydrogen (secondary N) is 1. The highest BCUT2D eigenvalue weighted by molar-refractivity contribution is 7.15. The number of hydrogen-bond acceptors (Lipinski definition) is 7. The topological polar surface area (TPSA) is 108 Å². The van der Waals surface area contributed by atoms with Crippen LogP contribution in [0.25, 0.3) is 10.6 Å². The third-order valence-electron chi connectivity index (χ3n) is 5.72. The molecule has 1 aliphatic rings. The van der Waals surface area contributed by atoms with Crippen molar-refractivity contribution in [3.8, 4) is 10.6 Å². The Hall–Kier alpha value is -2.55. The van der Waals surface area contributed by atoms with Gasteiger partial charge >= 0.3 is 5.97 Å². The largest absolute Gasteiger partial charge is 0.481 e. The van der Waals surface area contributed by atoms with Crippen LogP contribution in [0.3, 0.4) is 0 Å². The van der Waals surface area contributed by atoms with Gasteiger partial charge in [0, 0.05) is 17.4 Å². The van der Waals surface area contributed by atoms with Gasteiger partial charge in [0.15, 0.2) is 0 Å². The van der Waals surface area contributed by atoms with Gasteiger partial charge < -0.3 is 15.5 Å². The second-order valence-electron chi connectivity index (χ2n) is 8.55. The van der Waals surface area contributed by atoms with Gasteiger partial charge in [-0.3, -0.25) is 4.79 Å². The van der Waals surface area contributed by atoms with E-state index in [2.05, 4.69) is 20.3 Å². The van der Waals surface area contributed by atoms with Crippen LogP contribution in [0, 0.1) is 11.3 Å². The highest BCUT2D eigenvalue weighted by Crippen LogP contribution is 2.50. The second kappa shape index (κ2) is 8.18. The van der Waals surface area contributed by atoms with Crippen LogP contribution in [0.15, 0.2) is 42.7 Å². The normalized spacial score (nSPS) is 22.8. The number of pyridine rings is 2. The maximum absolute atomic E-state index is 11.6. The molecule has 31 heavy (non-hydrogen) atoms. The molecule has 162 valence electrons. The van der Waals surface area contributed by atoms with Crippen molar-refractivity contribution < 1.29 is 15.0 Å². The SMILES string of the molecule is CC1(C)CC(O)(c2ncc(-c3cccc(Nc4cc(Cl)ccn4)n3)s2)CCC1C(=O)O. The molecule has 0 spiro atoms. The summed E-state index contributed by atoms with van der Waals surface area (Å²) < 4.78 is 0. The average Bonchev–Trinajstić information content (AvgIpc) is 3.18. The zero-order valence-electron chi connectivity index (χ0n) is 17.2. The lowest BCUT2D eigenvalue weighted by molar-refractivity contribution is -0.154. The summed E-state index contributed by atoms with van der Waals surface area (Å²) in [4.78, 5) is 25.7. The molecule has 9 heteroatoms. The van der Waals surface area contributed by atoms with Gasteiger partial charge in [0.1, 0.15) is 22.2 Å². The van der Waals surface area contributed by atoms with Crippen molar-refractivity contribution >= 4 is 40.5 Å². The van der Waals surface area contributed by atoms with Gasteiger partial charge in [-0.05, 0) is 48.9 Å². The van der Waals surface area contributed by atoms with Crippen molar-refractivity contribution in [2.24, 2.45) is 11.3 Å². The molecule has 7 nitrogen and oxygen atoms in total. The first kappa shape index (κ1) is 21.7. The van der Waals surface area contributed by atoms with Gasteiger partial charge in [-0.15, -0.1) is 11.3 Å². The maximum Gasteiger partial charge on any atom is 0.307 e. The van der Waals surface area contributed by atoms with Crippen LogP contribution in [0.5, 0.6) is 0 Å². The van der Waals surface area contributed by atoms with Crippen LogP contribution in [0.1, 0.15) is 38.1 Å². The Bertz CT molecular complexity index is 1120. The quantitative estimate of drug-likeness (QED) is 0.488. The summed E-state index contributed by atoms with van der Waals surface area (Å²) >= 11 is 7.39. The highest BCUT2D eigenvalue weighted by atomic mass is 35.5. The van der Waals surface area contributed by atoms with E-state index in [0.717, 1.165) is 10.6 Å². The van der Waals surface area contributed by atoms with Gasteiger partial charge in [0.25, 0.3) is 0 Å². The summed E-state index contributed by atoms with van der Waals surface area (Å²) in [5.74, 6) is -0.0794. The van der Waals surface area contributed by atoms with E-state index in [1.807, 2.05) is 32.0 Å². The number of nitrogens with zero attached hydrogens (tertiary/aromatic N) is 3. The van der Waals surface area contributed by atoms with Gasteiger partial charge in [0.2, 0.25) is 0 Å². The monoisotopic (exact) mass is 458 g/mol. The molecule has 3 heterocycles. The standard InChI is InChI=1S/C22H23ClN4O3S/c1-21(2)12-22(30,8-6-14(21)19(28)29)20-25-11-16(31-20)15-4-3-5-17(26-15)27-18-10-13(23)7-9-24-18/h3-5,7,9-11,14,30H,6,8,12H2,1-2H3,(H,28,29)(H,24,26,27). The molecule has 3 aromatic rings. The van der Waals surface area contributed by atoms with Crippen molar-refractivity contribution in [2.45, 2.75) is 38.7 Å². The number of carboxylic acid groups (broad SMARTS) is 1. The summed E-state index contributed by atoms with van der Waals surface area (Å²) in [6, 6.07) is 9.00. The number of hydrogen-bond donors (Lipinski definition) is 3. The minimum Gasteiger partial charge on any atom is -0.481 e. The number of aromatic nitrogens is 3. The first-order valence-electron chi connectivity index (χ1n) is 9.94. The summed E-state index contributed by atoms with van der Waals surface area (Å²) in [6.07, 6.45) is 4.45. The van der Waals surface area contributed by atoms with Crippen molar-refractivity contribution in [3.05, 3.63) is 52.8 Å². The number of thiazole rings is 1. The number of anilines is 2. The van der Waals surface area contributed by atoms with Crippen LogP contribution < -0.4 is 5.32 Å². The summed E-state index contributed by atoms with van der Waals surface area (Å²) in [5.41, 5.74) is -0.951. The lowest BCUT2D eigenvalue weighted by Gasteiger charge is -2.44. The van der Waals surface area contributed by atoms with Crippen molar-refractivity contribution in [3.63, 3.8) is 0 Å². The molecule has 1 aliphatic carbocycles. The molecule has 0 bridgehead atoms. The fourth-order valence-electron chi connectivity index (χ4n) is 4.23. The second-order valence-corrected chi connectivity index (χ2v) is 10.0. The van der Waals surface area contributed by atoms with Crippen molar-refractivity contribution in [1.82, 2.24) is 15.0 Å². The molecule has 0 aromatic carbocycles. The van der Waals surface area contributed by atoms with Crippen molar-refractivity contribution in [1.29, 1.82) is 0 Å². The maximum atomic E-state index is 11.6. The van der Waals surface area contributed by atoms with Gasteiger partial charge in [0.05, 0.1) is 16.5 Å². The fraction of sp³-hybridized carbons (Fsp3) is 0.364. The minimum atomic E-state index is -1.14. The third kappa shape index (κ3) is 4.56. The van der Waals surface area contributed by atoms with E-state index in [0.29, 0.717) is 40.9 Å². The zero-order valence-corrected chi connectivity index (χ0v) is 18.7. The molecule has 2 unspecified atom stereocenters. The first-order chi connectivity index (χ1) is 14.7. The number of carboxylic acids is 1. The lowest BCUT2D eigenvalue weighted by Crippen LogP contribution is -2.44. The number of carbonyl (C=O) groups is 1. The van der Waals surface area contributed by atoms with Crippen LogP contribution in [-0.4, -0.2) is 31.1 Å². The van der Waals surface area contributed by atoms with Crippen molar-refractivity contribution in [2.75, 3.05) is 5.32 Å². The molecule has 3 N–H and O–H groups in total. The summed E-state index contributed by atoms with van der Waals surface area (Å²) in [7, 11) is 0. The van der Waals surface area contributed by atoms with Crippen LogP contribution >= 0.6 is 22.9 Å². The fourth-order valence-corrected chi connectivity index (χ4v) is 5.39. The Morgan fingerprint density at radius 3 is 2.77 bits per heavy atom. The van der Waals surface area contributed by atoms with E-state index in [9.17, 15) is 15.0 Å². The number of aliphatic carboxylic acids is 1. The van der Waals surface area contributed by atoms with E-state index in [-0.39, 0.29) is 0 Å². The van der Waals surface area contributed by atoms with E-state index < -0.39 is 22.9 Å². The number of aliphatic hydroxyl groups is 1. The van der Waals surface area contributed by atoms with Gasteiger partial charge in [-0.25, -0.2) is 15.0 Å². The van der Waals surface area contributed by atoms with Crippen LogP contribution in [-0.2, 0) is 10.4 Å². The molecule has 0 radical (unpaired) electrons. The van der Waals surface area contributed by atoms with E-state index >= 15 is 0 Å². The minimum absolute atomic E-state index is 0.347. The predicted octanol–water partition coefficient (Wildman–Crippen LogP) is 5.10. The highest BCUT2D eigenvalue weighted by Gasteiger charge is 2.49. The van der Waals surface area contributed by atoms with Crippen LogP contribution in [0.2, 0.25) is 5.02 Å².